The third kappa shape index (κ3) is 0.625. The van der Waals surface area contributed by atoms with Crippen molar-refractivity contribution in [1.82, 2.24) is 0 Å². The van der Waals surface area contributed by atoms with Gasteiger partial charge >= 0.3 is 0 Å². The van der Waals surface area contributed by atoms with E-state index in [1.165, 1.54) is 30.1 Å². The highest BCUT2D eigenvalue weighted by atomic mass is 14.7. The van der Waals surface area contributed by atoms with Gasteiger partial charge in [-0.15, -0.1) is 0 Å². The highest BCUT2D eigenvalue weighted by Crippen LogP contribution is 2.72. The van der Waals surface area contributed by atoms with Gasteiger partial charge in [0.05, 0.1) is 0 Å². The fourth-order valence-electron chi connectivity index (χ4n) is 4.39. The molecule has 0 spiro atoms. The van der Waals surface area contributed by atoms with Crippen molar-refractivity contribution in [3.63, 3.8) is 0 Å². The monoisotopic (exact) mass is 150 g/mol. The van der Waals surface area contributed by atoms with Gasteiger partial charge < -0.3 is 0 Å². The fourth-order valence-corrected chi connectivity index (χ4v) is 4.39. The molecule has 0 N–H and O–H groups in total. The molecule has 3 saturated carbocycles. The van der Waals surface area contributed by atoms with Crippen LogP contribution in [0, 0.1) is 35.5 Å². The quantitative estimate of drug-likeness (QED) is 0.539. The Hall–Kier alpha value is 0. The first-order chi connectivity index (χ1) is 5.33. The number of rotatable bonds is 1. The van der Waals surface area contributed by atoms with Gasteiger partial charge in [-0.1, -0.05) is 20.3 Å². The van der Waals surface area contributed by atoms with Gasteiger partial charge in [-0.3, -0.25) is 0 Å². The molecule has 0 saturated heterocycles. The van der Waals surface area contributed by atoms with Gasteiger partial charge in [0.15, 0.2) is 0 Å². The van der Waals surface area contributed by atoms with Crippen molar-refractivity contribution < 1.29 is 0 Å². The zero-order valence-electron chi connectivity index (χ0n) is 7.59. The lowest BCUT2D eigenvalue weighted by molar-refractivity contribution is 0.341. The molecule has 0 amide bonds. The summed E-state index contributed by atoms with van der Waals surface area (Å²) in [6, 6.07) is 0. The van der Waals surface area contributed by atoms with Crippen LogP contribution in [0.15, 0.2) is 0 Å². The van der Waals surface area contributed by atoms with E-state index in [-0.39, 0.29) is 0 Å². The first kappa shape index (κ1) is 6.51. The van der Waals surface area contributed by atoms with E-state index in [2.05, 4.69) is 13.8 Å². The lowest BCUT2D eigenvalue weighted by Crippen LogP contribution is -2.07. The van der Waals surface area contributed by atoms with Gasteiger partial charge in [0.1, 0.15) is 0 Å². The van der Waals surface area contributed by atoms with Crippen molar-refractivity contribution in [2.45, 2.75) is 33.1 Å². The number of hydrogen-bond donors (Lipinski definition) is 0. The highest BCUT2D eigenvalue weighted by Gasteiger charge is 2.66. The van der Waals surface area contributed by atoms with Crippen LogP contribution in [0.5, 0.6) is 0 Å². The second-order valence-corrected chi connectivity index (χ2v) is 5.10. The Morgan fingerprint density at radius 2 is 1.91 bits per heavy atom. The summed E-state index contributed by atoms with van der Waals surface area (Å²) in [6.45, 7) is 4.86. The molecule has 0 heteroatoms. The maximum atomic E-state index is 2.48. The maximum Gasteiger partial charge on any atom is -0.0318 e. The van der Waals surface area contributed by atoms with Gasteiger partial charge in [-0.05, 0) is 48.3 Å². The molecule has 11 heavy (non-hydrogen) atoms. The molecule has 62 valence electrons. The minimum atomic E-state index is 1.09. The van der Waals surface area contributed by atoms with Crippen LogP contribution in [0.2, 0.25) is 0 Å². The van der Waals surface area contributed by atoms with E-state index in [9.17, 15) is 0 Å². The Kier molecular flexibility index (Phi) is 1.09. The van der Waals surface area contributed by atoms with Crippen molar-refractivity contribution in [1.29, 1.82) is 0 Å². The Morgan fingerprint density at radius 3 is 2.55 bits per heavy atom. The highest BCUT2D eigenvalue weighted by molar-refractivity contribution is 5.14. The number of fused-ring (bicyclic) bond motifs is 1. The molecule has 6 atom stereocenters. The summed E-state index contributed by atoms with van der Waals surface area (Å²) >= 11 is 0. The van der Waals surface area contributed by atoms with Gasteiger partial charge in [-0.25, -0.2) is 0 Å². The molecule has 6 unspecified atom stereocenters. The van der Waals surface area contributed by atoms with E-state index in [0.29, 0.717) is 0 Å². The van der Waals surface area contributed by atoms with E-state index in [1.54, 1.807) is 12.8 Å². The molecule has 0 aromatic rings. The summed E-state index contributed by atoms with van der Waals surface area (Å²) < 4.78 is 0. The predicted molar refractivity (Wildman–Crippen MR) is 46.1 cm³/mol. The van der Waals surface area contributed by atoms with Crippen LogP contribution >= 0.6 is 0 Å². The zero-order chi connectivity index (χ0) is 7.59. The van der Waals surface area contributed by atoms with E-state index >= 15 is 0 Å². The summed E-state index contributed by atoms with van der Waals surface area (Å²) in [4.78, 5) is 0. The third-order valence-electron chi connectivity index (χ3n) is 4.79. The molecule has 0 radical (unpaired) electrons. The topological polar surface area (TPSA) is 0 Å². The summed E-state index contributed by atoms with van der Waals surface area (Å²) in [7, 11) is 0. The summed E-state index contributed by atoms with van der Waals surface area (Å²) in [5.74, 6) is 7.01. The first-order valence-corrected chi connectivity index (χ1v) is 5.33. The van der Waals surface area contributed by atoms with Crippen molar-refractivity contribution in [2.24, 2.45) is 35.5 Å². The van der Waals surface area contributed by atoms with E-state index in [0.717, 1.165) is 11.8 Å². The minimum Gasteiger partial charge on any atom is -0.0651 e. The lowest BCUT2D eigenvalue weighted by atomic mass is 9.90. The maximum absolute atomic E-state index is 2.48. The van der Waals surface area contributed by atoms with Crippen molar-refractivity contribution in [3.8, 4) is 0 Å². The van der Waals surface area contributed by atoms with Crippen molar-refractivity contribution >= 4 is 0 Å². The predicted octanol–water partition coefficient (Wildman–Crippen LogP) is 2.93. The molecule has 0 aromatic heterocycles. The normalized spacial score (nSPS) is 64.9. The Morgan fingerprint density at radius 1 is 1.09 bits per heavy atom. The molecule has 3 rings (SSSR count). The van der Waals surface area contributed by atoms with Crippen LogP contribution in [0.4, 0.5) is 0 Å². The Balaban J connectivity index is 1.84. The molecule has 0 bridgehead atoms. The lowest BCUT2D eigenvalue weighted by Gasteiger charge is -2.15. The molecule has 0 aromatic carbocycles. The first-order valence-electron chi connectivity index (χ1n) is 5.33. The molecule has 0 heterocycles. The molecular formula is C11H18. The Bertz CT molecular complexity index is 182. The van der Waals surface area contributed by atoms with Gasteiger partial charge in [0.25, 0.3) is 0 Å². The summed E-state index contributed by atoms with van der Waals surface area (Å²) in [6.07, 6.45) is 4.63. The van der Waals surface area contributed by atoms with Gasteiger partial charge in [0, 0.05) is 0 Å². The van der Waals surface area contributed by atoms with Gasteiger partial charge in [0.2, 0.25) is 0 Å². The largest absolute Gasteiger partial charge is 0.0651 e. The van der Waals surface area contributed by atoms with Crippen LogP contribution in [0.3, 0.4) is 0 Å². The van der Waals surface area contributed by atoms with Crippen LogP contribution in [-0.4, -0.2) is 0 Å². The van der Waals surface area contributed by atoms with Crippen LogP contribution in [0.25, 0.3) is 0 Å². The Labute approximate surface area is 69.4 Å². The average molecular weight is 150 g/mol. The van der Waals surface area contributed by atoms with Crippen LogP contribution in [0.1, 0.15) is 33.1 Å². The minimum absolute atomic E-state index is 1.09. The third-order valence-corrected chi connectivity index (χ3v) is 4.79. The second kappa shape index (κ2) is 1.84. The smallest absolute Gasteiger partial charge is 0.0318 e. The molecule has 3 fully saturated rings. The van der Waals surface area contributed by atoms with Crippen LogP contribution < -0.4 is 0 Å². The van der Waals surface area contributed by atoms with Crippen molar-refractivity contribution in [2.75, 3.05) is 0 Å². The SMILES string of the molecule is CCC1CC2C3C(C)CC1C23. The molecule has 3 aliphatic carbocycles. The fraction of sp³-hybridized carbons (Fsp3) is 1.00. The molecule has 0 aliphatic heterocycles. The van der Waals surface area contributed by atoms with Crippen LogP contribution in [-0.2, 0) is 0 Å². The van der Waals surface area contributed by atoms with Crippen molar-refractivity contribution in [3.05, 3.63) is 0 Å². The zero-order valence-corrected chi connectivity index (χ0v) is 7.59. The second-order valence-electron chi connectivity index (χ2n) is 5.10. The van der Waals surface area contributed by atoms with E-state index < -0.39 is 0 Å². The van der Waals surface area contributed by atoms with E-state index in [4.69, 9.17) is 0 Å². The summed E-state index contributed by atoms with van der Waals surface area (Å²) in [5.41, 5.74) is 0. The standard InChI is InChI=1S/C11H18/c1-3-7-5-9-10-6(2)4-8(7)11(9)10/h6-11H,3-5H2,1-2H3. The molecule has 0 nitrogen and oxygen atoms in total. The average Bonchev–Trinajstić information content (AvgIpc) is 2.50. The molecule has 3 aliphatic rings. The molecular weight excluding hydrogens is 132 g/mol. The number of hydrogen-bond acceptors (Lipinski definition) is 0. The summed E-state index contributed by atoms with van der Waals surface area (Å²) in [5, 5.41) is 0. The van der Waals surface area contributed by atoms with E-state index in [1.807, 2.05) is 0 Å². The van der Waals surface area contributed by atoms with Gasteiger partial charge in [-0.2, -0.15) is 0 Å².